The maximum Gasteiger partial charge on any atom is 0.259 e. The number of nitrogens with two attached hydrogens (primary N) is 1. The molecule has 3 N–H and O–H groups in total. The van der Waals surface area contributed by atoms with Crippen molar-refractivity contribution in [2.24, 2.45) is 0 Å². The SMILES string of the molecule is COc1cccc(N)c1C(=O)N(C)CC(=O)NC1CC1. The summed E-state index contributed by atoms with van der Waals surface area (Å²) in [4.78, 5) is 25.4. The molecular weight excluding hydrogens is 258 g/mol. The van der Waals surface area contributed by atoms with Crippen LogP contribution in [0.5, 0.6) is 5.75 Å². The zero-order valence-corrected chi connectivity index (χ0v) is 11.7. The van der Waals surface area contributed by atoms with Gasteiger partial charge >= 0.3 is 0 Å². The van der Waals surface area contributed by atoms with Gasteiger partial charge in [0.15, 0.2) is 0 Å². The van der Waals surface area contributed by atoms with Crippen molar-refractivity contribution >= 4 is 17.5 Å². The molecule has 0 radical (unpaired) electrons. The van der Waals surface area contributed by atoms with Gasteiger partial charge in [-0.1, -0.05) is 6.07 Å². The topological polar surface area (TPSA) is 84.7 Å². The molecular formula is C14H19N3O3. The molecule has 0 saturated heterocycles. The van der Waals surface area contributed by atoms with Crippen molar-refractivity contribution in [1.29, 1.82) is 0 Å². The van der Waals surface area contributed by atoms with Crippen LogP contribution in [0.2, 0.25) is 0 Å². The number of anilines is 1. The van der Waals surface area contributed by atoms with Crippen LogP contribution in [-0.2, 0) is 4.79 Å². The molecule has 0 bridgehead atoms. The fraction of sp³-hybridized carbons (Fsp3) is 0.429. The van der Waals surface area contributed by atoms with E-state index in [-0.39, 0.29) is 30.0 Å². The van der Waals surface area contributed by atoms with Crippen molar-refractivity contribution in [2.75, 3.05) is 26.4 Å². The minimum absolute atomic E-state index is 0.00677. The summed E-state index contributed by atoms with van der Waals surface area (Å²) < 4.78 is 5.15. The number of rotatable bonds is 5. The van der Waals surface area contributed by atoms with Crippen LogP contribution in [0, 0.1) is 0 Å². The van der Waals surface area contributed by atoms with Crippen LogP contribution in [0.15, 0.2) is 18.2 Å². The lowest BCUT2D eigenvalue weighted by molar-refractivity contribution is -0.121. The molecule has 1 aromatic carbocycles. The number of nitrogens with zero attached hydrogens (tertiary/aromatic N) is 1. The number of benzene rings is 1. The van der Waals surface area contributed by atoms with Gasteiger partial charge in [0.05, 0.1) is 13.7 Å². The lowest BCUT2D eigenvalue weighted by Gasteiger charge is -2.19. The Balaban J connectivity index is 2.07. The van der Waals surface area contributed by atoms with E-state index in [9.17, 15) is 9.59 Å². The largest absolute Gasteiger partial charge is 0.496 e. The Labute approximate surface area is 117 Å². The lowest BCUT2D eigenvalue weighted by Crippen LogP contribution is -2.39. The predicted octanol–water partition coefficient (Wildman–Crippen LogP) is 0.628. The third-order valence-corrected chi connectivity index (χ3v) is 3.16. The fourth-order valence-electron chi connectivity index (χ4n) is 1.93. The first kappa shape index (κ1) is 14.2. The van der Waals surface area contributed by atoms with Crippen molar-refractivity contribution in [1.82, 2.24) is 10.2 Å². The van der Waals surface area contributed by atoms with E-state index in [1.807, 2.05) is 0 Å². The molecule has 108 valence electrons. The molecule has 2 rings (SSSR count). The molecule has 1 aliphatic carbocycles. The van der Waals surface area contributed by atoms with Crippen molar-refractivity contribution in [3.63, 3.8) is 0 Å². The predicted molar refractivity (Wildman–Crippen MR) is 75.5 cm³/mol. The average Bonchev–Trinajstić information content (AvgIpc) is 3.21. The minimum atomic E-state index is -0.328. The molecule has 1 fully saturated rings. The summed E-state index contributed by atoms with van der Waals surface area (Å²) >= 11 is 0. The van der Waals surface area contributed by atoms with Gasteiger partial charge in [-0.2, -0.15) is 0 Å². The third-order valence-electron chi connectivity index (χ3n) is 3.16. The molecule has 0 unspecified atom stereocenters. The van der Waals surface area contributed by atoms with Crippen LogP contribution in [0.25, 0.3) is 0 Å². The first-order valence-corrected chi connectivity index (χ1v) is 6.50. The third kappa shape index (κ3) is 3.20. The van der Waals surface area contributed by atoms with Gasteiger partial charge in [0, 0.05) is 18.8 Å². The quantitative estimate of drug-likeness (QED) is 0.773. The molecule has 1 saturated carbocycles. The minimum Gasteiger partial charge on any atom is -0.496 e. The number of likely N-dealkylation sites (N-methyl/N-ethyl adjacent to an activating group) is 1. The van der Waals surface area contributed by atoms with E-state index in [2.05, 4.69) is 5.32 Å². The van der Waals surface area contributed by atoms with E-state index in [1.165, 1.54) is 12.0 Å². The average molecular weight is 277 g/mol. The van der Waals surface area contributed by atoms with Crippen LogP contribution in [0.4, 0.5) is 5.69 Å². The summed E-state index contributed by atoms with van der Waals surface area (Å²) in [5.41, 5.74) is 6.45. The van der Waals surface area contributed by atoms with Crippen LogP contribution in [0.1, 0.15) is 23.2 Å². The maximum absolute atomic E-state index is 12.4. The Kier molecular flexibility index (Phi) is 4.12. The Morgan fingerprint density at radius 1 is 1.45 bits per heavy atom. The molecule has 6 nitrogen and oxygen atoms in total. The van der Waals surface area contributed by atoms with Crippen LogP contribution in [0.3, 0.4) is 0 Å². The Morgan fingerprint density at radius 2 is 2.15 bits per heavy atom. The lowest BCUT2D eigenvalue weighted by atomic mass is 10.1. The second-order valence-electron chi connectivity index (χ2n) is 4.93. The summed E-state index contributed by atoms with van der Waals surface area (Å²) in [6, 6.07) is 5.29. The standard InChI is InChI=1S/C14H19N3O3/c1-17(8-12(18)16-9-6-7-9)14(19)13-10(15)4-3-5-11(13)20-2/h3-5,9H,6-8,15H2,1-2H3,(H,16,18). The second-order valence-corrected chi connectivity index (χ2v) is 4.93. The number of methoxy groups -OCH3 is 1. The number of hydrogen-bond acceptors (Lipinski definition) is 4. The molecule has 20 heavy (non-hydrogen) atoms. The van der Waals surface area contributed by atoms with Gasteiger partial charge in [-0.25, -0.2) is 0 Å². The number of ether oxygens (including phenoxy) is 1. The maximum atomic E-state index is 12.4. The van der Waals surface area contributed by atoms with E-state index in [0.29, 0.717) is 11.4 Å². The van der Waals surface area contributed by atoms with Gasteiger partial charge in [0.2, 0.25) is 5.91 Å². The number of hydrogen-bond donors (Lipinski definition) is 2. The zero-order chi connectivity index (χ0) is 14.7. The van der Waals surface area contributed by atoms with Crippen molar-refractivity contribution < 1.29 is 14.3 Å². The molecule has 0 heterocycles. The number of nitrogen functional groups attached to an aromatic ring is 1. The van der Waals surface area contributed by atoms with Gasteiger partial charge in [-0.15, -0.1) is 0 Å². The van der Waals surface area contributed by atoms with Gasteiger partial charge in [0.1, 0.15) is 11.3 Å². The summed E-state index contributed by atoms with van der Waals surface area (Å²) in [6.07, 6.45) is 2.03. The molecule has 0 atom stereocenters. The first-order valence-electron chi connectivity index (χ1n) is 6.50. The van der Waals surface area contributed by atoms with E-state index in [1.54, 1.807) is 25.2 Å². The van der Waals surface area contributed by atoms with E-state index in [4.69, 9.17) is 10.5 Å². The number of amides is 2. The van der Waals surface area contributed by atoms with Crippen LogP contribution in [-0.4, -0.2) is 43.5 Å². The number of nitrogens with one attached hydrogen (secondary N) is 1. The zero-order valence-electron chi connectivity index (χ0n) is 11.7. The number of carbonyl (C=O) groups excluding carboxylic acids is 2. The summed E-state index contributed by atoms with van der Waals surface area (Å²) in [6.45, 7) is 0.00677. The molecule has 0 spiro atoms. The summed E-state index contributed by atoms with van der Waals surface area (Å²) in [5.74, 6) is -0.0767. The highest BCUT2D eigenvalue weighted by atomic mass is 16.5. The normalized spacial score (nSPS) is 13.7. The van der Waals surface area contributed by atoms with Crippen LogP contribution < -0.4 is 15.8 Å². The summed E-state index contributed by atoms with van der Waals surface area (Å²) in [7, 11) is 3.05. The van der Waals surface area contributed by atoms with Crippen molar-refractivity contribution in [2.45, 2.75) is 18.9 Å². The Hall–Kier alpha value is -2.24. The molecule has 1 aromatic rings. The van der Waals surface area contributed by atoms with Crippen LogP contribution >= 0.6 is 0 Å². The smallest absolute Gasteiger partial charge is 0.259 e. The van der Waals surface area contributed by atoms with Gasteiger partial charge in [-0.05, 0) is 25.0 Å². The molecule has 1 aliphatic rings. The first-order chi connectivity index (χ1) is 9.52. The van der Waals surface area contributed by atoms with E-state index in [0.717, 1.165) is 12.8 Å². The monoisotopic (exact) mass is 277 g/mol. The Morgan fingerprint density at radius 3 is 2.75 bits per heavy atom. The molecule has 6 heteroatoms. The highest BCUT2D eigenvalue weighted by Gasteiger charge is 2.25. The van der Waals surface area contributed by atoms with Gasteiger partial charge < -0.3 is 20.7 Å². The summed E-state index contributed by atoms with van der Waals surface area (Å²) in [5, 5.41) is 2.84. The van der Waals surface area contributed by atoms with Gasteiger partial charge in [0.25, 0.3) is 5.91 Å². The van der Waals surface area contributed by atoms with E-state index < -0.39 is 0 Å². The molecule has 2 amide bonds. The molecule has 0 aromatic heterocycles. The second kappa shape index (κ2) is 5.81. The fourth-order valence-corrected chi connectivity index (χ4v) is 1.93. The van der Waals surface area contributed by atoms with Crippen molar-refractivity contribution in [3.05, 3.63) is 23.8 Å². The highest BCUT2D eigenvalue weighted by molar-refractivity contribution is 6.03. The van der Waals surface area contributed by atoms with E-state index >= 15 is 0 Å². The number of carbonyl (C=O) groups is 2. The van der Waals surface area contributed by atoms with Gasteiger partial charge in [-0.3, -0.25) is 9.59 Å². The molecule has 0 aliphatic heterocycles. The van der Waals surface area contributed by atoms with Crippen molar-refractivity contribution in [3.8, 4) is 5.75 Å². The Bertz CT molecular complexity index is 526. The highest BCUT2D eigenvalue weighted by Crippen LogP contribution is 2.25.